The first-order chi connectivity index (χ1) is 7.11. The van der Waals surface area contributed by atoms with E-state index in [1.54, 1.807) is 0 Å². The number of aryl methyl sites for hydroxylation is 1. The molecule has 0 amide bonds. The third-order valence-corrected chi connectivity index (χ3v) is 1.93. The van der Waals surface area contributed by atoms with Gasteiger partial charge in [-0.3, -0.25) is 0 Å². The van der Waals surface area contributed by atoms with Crippen LogP contribution in [0.5, 0.6) is 0 Å². The normalized spacial score (nSPS) is 11.0. The van der Waals surface area contributed by atoms with Gasteiger partial charge in [0.2, 0.25) is 0 Å². The lowest BCUT2D eigenvalue weighted by Crippen LogP contribution is -2.01. The number of hydrogen-bond donors (Lipinski definition) is 1. The molecule has 0 aliphatic carbocycles. The molecule has 3 nitrogen and oxygen atoms in total. The van der Waals surface area contributed by atoms with E-state index in [4.69, 9.17) is 0 Å². The lowest BCUT2D eigenvalue weighted by Gasteiger charge is -2.06. The Kier molecular flexibility index (Phi) is 3.92. The summed E-state index contributed by atoms with van der Waals surface area (Å²) in [5.41, 5.74) is 2.92. The van der Waals surface area contributed by atoms with Crippen molar-refractivity contribution < 1.29 is 9.53 Å². The van der Waals surface area contributed by atoms with E-state index >= 15 is 0 Å². The minimum absolute atomic E-state index is 0.355. The predicted molar refractivity (Wildman–Crippen MR) is 60.6 cm³/mol. The molecule has 80 valence electrons. The van der Waals surface area contributed by atoms with Gasteiger partial charge in [0.15, 0.2) is 0 Å². The number of anilines is 1. The van der Waals surface area contributed by atoms with E-state index in [2.05, 4.69) is 10.1 Å². The monoisotopic (exact) mass is 205 g/mol. The van der Waals surface area contributed by atoms with Crippen LogP contribution >= 0.6 is 0 Å². The summed E-state index contributed by atoms with van der Waals surface area (Å²) in [5, 5.41) is 3.09. The highest BCUT2D eigenvalue weighted by atomic mass is 16.5. The van der Waals surface area contributed by atoms with Crippen molar-refractivity contribution in [1.29, 1.82) is 0 Å². The largest absolute Gasteiger partial charge is 0.466 e. The first-order valence-corrected chi connectivity index (χ1v) is 4.72. The Bertz CT molecular complexity index is 366. The molecule has 1 rings (SSSR count). The maximum Gasteiger partial charge on any atom is 0.332 e. The van der Waals surface area contributed by atoms with Crippen LogP contribution in [0.1, 0.15) is 12.5 Å². The van der Waals surface area contributed by atoms with E-state index < -0.39 is 0 Å². The maximum absolute atomic E-state index is 10.9. The van der Waals surface area contributed by atoms with Crippen LogP contribution in [0, 0.1) is 6.92 Å². The van der Waals surface area contributed by atoms with E-state index in [1.807, 2.05) is 38.1 Å². The molecule has 15 heavy (non-hydrogen) atoms. The average molecular weight is 205 g/mol. The van der Waals surface area contributed by atoms with Crippen molar-refractivity contribution in [2.24, 2.45) is 0 Å². The standard InChI is InChI=1S/C12H15NO2/c1-9-4-6-11(7-5-9)13-10(2)8-12(14)15-3/h4-8,13H,1-3H3/b10-8+. The number of allylic oxidation sites excluding steroid dienone is 1. The molecule has 0 spiro atoms. The minimum Gasteiger partial charge on any atom is -0.466 e. The summed E-state index contributed by atoms with van der Waals surface area (Å²) in [5.74, 6) is -0.355. The Hall–Kier alpha value is -1.77. The molecule has 0 saturated carbocycles. The van der Waals surface area contributed by atoms with Crippen LogP contribution in [-0.4, -0.2) is 13.1 Å². The first-order valence-electron chi connectivity index (χ1n) is 4.72. The Morgan fingerprint density at radius 3 is 2.47 bits per heavy atom. The van der Waals surface area contributed by atoms with Crippen LogP contribution in [0.2, 0.25) is 0 Å². The van der Waals surface area contributed by atoms with Crippen molar-refractivity contribution in [1.82, 2.24) is 0 Å². The summed E-state index contributed by atoms with van der Waals surface area (Å²) >= 11 is 0. The Morgan fingerprint density at radius 2 is 1.93 bits per heavy atom. The summed E-state index contributed by atoms with van der Waals surface area (Å²) < 4.78 is 4.52. The van der Waals surface area contributed by atoms with E-state index in [0.29, 0.717) is 0 Å². The van der Waals surface area contributed by atoms with Crippen molar-refractivity contribution in [3.63, 3.8) is 0 Å². The Morgan fingerprint density at radius 1 is 1.33 bits per heavy atom. The topological polar surface area (TPSA) is 38.3 Å². The summed E-state index contributed by atoms with van der Waals surface area (Å²) in [6.45, 7) is 3.84. The molecule has 0 unspecified atom stereocenters. The van der Waals surface area contributed by atoms with E-state index in [9.17, 15) is 4.79 Å². The van der Waals surface area contributed by atoms with Crippen LogP contribution < -0.4 is 5.32 Å². The van der Waals surface area contributed by atoms with Crippen molar-refractivity contribution in [3.05, 3.63) is 41.6 Å². The van der Waals surface area contributed by atoms with Crippen molar-refractivity contribution in [2.75, 3.05) is 12.4 Å². The van der Waals surface area contributed by atoms with Gasteiger partial charge in [-0.2, -0.15) is 0 Å². The SMILES string of the molecule is COC(=O)/C=C(\C)Nc1ccc(C)cc1. The van der Waals surface area contributed by atoms with Gasteiger partial charge in [0.1, 0.15) is 0 Å². The molecule has 0 aromatic heterocycles. The van der Waals surface area contributed by atoms with Crippen LogP contribution in [0.4, 0.5) is 5.69 Å². The van der Waals surface area contributed by atoms with Gasteiger partial charge in [0.05, 0.1) is 7.11 Å². The molecule has 0 heterocycles. The zero-order valence-electron chi connectivity index (χ0n) is 9.20. The Balaban J connectivity index is 2.66. The summed E-state index contributed by atoms with van der Waals surface area (Å²) in [6, 6.07) is 7.94. The molecule has 0 aliphatic heterocycles. The molecule has 0 bridgehead atoms. The Labute approximate surface area is 89.8 Å². The smallest absolute Gasteiger partial charge is 0.332 e. The number of hydrogen-bond acceptors (Lipinski definition) is 3. The zero-order chi connectivity index (χ0) is 11.3. The second-order valence-corrected chi connectivity index (χ2v) is 3.34. The maximum atomic E-state index is 10.9. The van der Waals surface area contributed by atoms with Crippen molar-refractivity contribution >= 4 is 11.7 Å². The molecule has 0 fully saturated rings. The molecule has 0 saturated heterocycles. The van der Waals surface area contributed by atoms with Crippen LogP contribution in [0.25, 0.3) is 0 Å². The highest BCUT2D eigenvalue weighted by Gasteiger charge is 1.97. The molecule has 1 aromatic rings. The average Bonchev–Trinajstić information content (AvgIpc) is 2.21. The number of carbonyl (C=O) groups excluding carboxylic acids is 1. The van der Waals surface area contributed by atoms with Crippen LogP contribution in [0.15, 0.2) is 36.0 Å². The van der Waals surface area contributed by atoms with Crippen molar-refractivity contribution in [2.45, 2.75) is 13.8 Å². The van der Waals surface area contributed by atoms with Gasteiger partial charge < -0.3 is 10.1 Å². The number of benzene rings is 1. The fourth-order valence-corrected chi connectivity index (χ4v) is 1.14. The summed E-state index contributed by atoms with van der Waals surface area (Å²) in [6.07, 6.45) is 1.42. The fourth-order valence-electron chi connectivity index (χ4n) is 1.14. The van der Waals surface area contributed by atoms with Crippen molar-refractivity contribution in [3.8, 4) is 0 Å². The molecule has 0 atom stereocenters. The number of carbonyl (C=O) groups is 1. The molecule has 0 radical (unpaired) electrons. The van der Waals surface area contributed by atoms with E-state index in [0.717, 1.165) is 11.4 Å². The van der Waals surface area contributed by atoms with Gasteiger partial charge in [-0.05, 0) is 26.0 Å². The highest BCUT2D eigenvalue weighted by Crippen LogP contribution is 2.10. The van der Waals surface area contributed by atoms with Gasteiger partial charge >= 0.3 is 5.97 Å². The molecular weight excluding hydrogens is 190 g/mol. The molecule has 3 heteroatoms. The number of esters is 1. The number of ether oxygens (including phenoxy) is 1. The lowest BCUT2D eigenvalue weighted by molar-refractivity contribution is -0.134. The third kappa shape index (κ3) is 3.85. The summed E-state index contributed by atoms with van der Waals surface area (Å²) in [4.78, 5) is 10.9. The fraction of sp³-hybridized carbons (Fsp3) is 0.250. The second-order valence-electron chi connectivity index (χ2n) is 3.34. The van der Waals surface area contributed by atoms with Gasteiger partial charge in [-0.25, -0.2) is 4.79 Å². The highest BCUT2D eigenvalue weighted by molar-refractivity contribution is 5.83. The summed E-state index contributed by atoms with van der Waals surface area (Å²) in [7, 11) is 1.36. The molecular formula is C12H15NO2. The molecule has 0 aliphatic rings. The zero-order valence-corrected chi connectivity index (χ0v) is 9.20. The number of methoxy groups -OCH3 is 1. The minimum atomic E-state index is -0.355. The van der Waals surface area contributed by atoms with E-state index in [1.165, 1.54) is 18.7 Å². The first kappa shape index (κ1) is 11.3. The second kappa shape index (κ2) is 5.20. The molecule has 1 N–H and O–H groups in total. The number of nitrogens with one attached hydrogen (secondary N) is 1. The lowest BCUT2D eigenvalue weighted by atomic mass is 10.2. The third-order valence-electron chi connectivity index (χ3n) is 1.93. The predicted octanol–water partition coefficient (Wildman–Crippen LogP) is 2.48. The van der Waals surface area contributed by atoms with Gasteiger partial charge in [-0.1, -0.05) is 17.7 Å². The van der Waals surface area contributed by atoms with Crippen LogP contribution in [-0.2, 0) is 9.53 Å². The molecule has 1 aromatic carbocycles. The van der Waals surface area contributed by atoms with Crippen LogP contribution in [0.3, 0.4) is 0 Å². The van der Waals surface area contributed by atoms with E-state index in [-0.39, 0.29) is 5.97 Å². The van der Waals surface area contributed by atoms with Gasteiger partial charge in [0.25, 0.3) is 0 Å². The quantitative estimate of drug-likeness (QED) is 0.608. The van der Waals surface area contributed by atoms with Gasteiger partial charge in [-0.15, -0.1) is 0 Å². The number of rotatable bonds is 3. The van der Waals surface area contributed by atoms with Gasteiger partial charge in [0, 0.05) is 17.5 Å².